The van der Waals surface area contributed by atoms with Crippen molar-refractivity contribution in [3.8, 4) is 0 Å². The van der Waals surface area contributed by atoms with Crippen LogP contribution in [0.1, 0.15) is 24.8 Å². The standard InChI is InChI=1S/C14H18N2/c15-10-5-1-2-6-12-9-11-16-14-8-4-3-7-13(12)14/h3-4,7-9,11H,1-2,5-6,10,15H2. The lowest BCUT2D eigenvalue weighted by molar-refractivity contribution is 0.688. The van der Waals surface area contributed by atoms with E-state index in [1.807, 2.05) is 12.3 Å². The van der Waals surface area contributed by atoms with Gasteiger partial charge in [-0.15, -0.1) is 0 Å². The minimum atomic E-state index is 0.803. The number of aryl methyl sites for hydroxylation is 1. The van der Waals surface area contributed by atoms with E-state index in [0.717, 1.165) is 24.9 Å². The van der Waals surface area contributed by atoms with Crippen LogP contribution in [0.2, 0.25) is 0 Å². The van der Waals surface area contributed by atoms with E-state index in [1.54, 1.807) is 0 Å². The fraction of sp³-hybridized carbons (Fsp3) is 0.357. The van der Waals surface area contributed by atoms with E-state index in [2.05, 4.69) is 29.2 Å². The number of para-hydroxylation sites is 1. The summed E-state index contributed by atoms with van der Waals surface area (Å²) in [5.41, 5.74) is 7.99. The SMILES string of the molecule is NCCCCCc1ccnc2ccccc12. The molecule has 2 heteroatoms. The van der Waals surface area contributed by atoms with Crippen molar-refractivity contribution in [1.82, 2.24) is 4.98 Å². The molecule has 16 heavy (non-hydrogen) atoms. The molecule has 0 aliphatic heterocycles. The molecule has 2 N–H and O–H groups in total. The summed E-state index contributed by atoms with van der Waals surface area (Å²) in [6, 6.07) is 10.5. The van der Waals surface area contributed by atoms with Gasteiger partial charge in [-0.2, -0.15) is 0 Å². The molecule has 2 nitrogen and oxygen atoms in total. The molecule has 0 amide bonds. The van der Waals surface area contributed by atoms with E-state index < -0.39 is 0 Å². The lowest BCUT2D eigenvalue weighted by Gasteiger charge is -2.05. The fourth-order valence-electron chi connectivity index (χ4n) is 2.01. The molecule has 84 valence electrons. The van der Waals surface area contributed by atoms with Crippen molar-refractivity contribution in [3.63, 3.8) is 0 Å². The maximum absolute atomic E-state index is 5.49. The number of nitrogens with zero attached hydrogens (tertiary/aromatic N) is 1. The summed E-state index contributed by atoms with van der Waals surface area (Å²) < 4.78 is 0. The monoisotopic (exact) mass is 214 g/mol. The predicted molar refractivity (Wildman–Crippen MR) is 68.4 cm³/mol. The van der Waals surface area contributed by atoms with Crippen molar-refractivity contribution in [2.45, 2.75) is 25.7 Å². The third-order valence-corrected chi connectivity index (χ3v) is 2.89. The molecule has 2 aromatic rings. The maximum atomic E-state index is 5.49. The van der Waals surface area contributed by atoms with Crippen LogP contribution in [0.15, 0.2) is 36.5 Å². The van der Waals surface area contributed by atoms with Crippen LogP contribution < -0.4 is 5.73 Å². The average molecular weight is 214 g/mol. The molecule has 0 aliphatic rings. The lowest BCUT2D eigenvalue weighted by Crippen LogP contribution is -1.98. The highest BCUT2D eigenvalue weighted by Crippen LogP contribution is 2.18. The van der Waals surface area contributed by atoms with E-state index in [1.165, 1.54) is 23.8 Å². The Morgan fingerprint density at radius 1 is 1.00 bits per heavy atom. The van der Waals surface area contributed by atoms with Crippen LogP contribution in [0.5, 0.6) is 0 Å². The number of aromatic nitrogens is 1. The molecular formula is C14H18N2. The van der Waals surface area contributed by atoms with Gasteiger partial charge in [0.25, 0.3) is 0 Å². The number of hydrogen-bond acceptors (Lipinski definition) is 2. The smallest absolute Gasteiger partial charge is 0.0704 e. The molecule has 0 radical (unpaired) electrons. The van der Waals surface area contributed by atoms with Crippen molar-refractivity contribution in [1.29, 1.82) is 0 Å². The largest absolute Gasteiger partial charge is 0.330 e. The van der Waals surface area contributed by atoms with Crippen LogP contribution in [-0.4, -0.2) is 11.5 Å². The highest BCUT2D eigenvalue weighted by atomic mass is 14.6. The van der Waals surface area contributed by atoms with Crippen LogP contribution in [-0.2, 0) is 6.42 Å². The van der Waals surface area contributed by atoms with Crippen LogP contribution in [0.3, 0.4) is 0 Å². The molecule has 1 aromatic carbocycles. The van der Waals surface area contributed by atoms with Crippen LogP contribution >= 0.6 is 0 Å². The normalized spacial score (nSPS) is 10.8. The summed E-state index contributed by atoms with van der Waals surface area (Å²) >= 11 is 0. The summed E-state index contributed by atoms with van der Waals surface area (Å²) in [5.74, 6) is 0. The highest BCUT2D eigenvalue weighted by Gasteiger charge is 2.00. The summed E-state index contributed by atoms with van der Waals surface area (Å²) in [6.07, 6.45) is 6.59. The molecule has 1 heterocycles. The summed E-state index contributed by atoms with van der Waals surface area (Å²) in [6.45, 7) is 0.803. The zero-order chi connectivity index (χ0) is 11.2. The van der Waals surface area contributed by atoms with Gasteiger partial charge in [0.05, 0.1) is 5.52 Å². The van der Waals surface area contributed by atoms with E-state index in [9.17, 15) is 0 Å². The second-order valence-electron chi connectivity index (χ2n) is 4.09. The number of fused-ring (bicyclic) bond motifs is 1. The van der Waals surface area contributed by atoms with Crippen LogP contribution in [0, 0.1) is 0 Å². The molecule has 0 fully saturated rings. The number of rotatable bonds is 5. The zero-order valence-electron chi connectivity index (χ0n) is 9.52. The van der Waals surface area contributed by atoms with Gasteiger partial charge < -0.3 is 5.73 Å². The Bertz CT molecular complexity index is 446. The predicted octanol–water partition coefficient (Wildman–Crippen LogP) is 2.91. The van der Waals surface area contributed by atoms with Crippen LogP contribution in [0.25, 0.3) is 10.9 Å². The van der Waals surface area contributed by atoms with Crippen molar-refractivity contribution in [2.24, 2.45) is 5.73 Å². The molecule has 0 saturated heterocycles. The van der Waals surface area contributed by atoms with Gasteiger partial charge in [-0.05, 0) is 43.5 Å². The first-order valence-corrected chi connectivity index (χ1v) is 5.94. The minimum Gasteiger partial charge on any atom is -0.330 e. The van der Waals surface area contributed by atoms with Crippen LogP contribution in [0.4, 0.5) is 0 Å². The average Bonchev–Trinajstić information content (AvgIpc) is 2.35. The molecule has 0 unspecified atom stereocenters. The van der Waals surface area contributed by atoms with E-state index in [0.29, 0.717) is 0 Å². The number of hydrogen-bond donors (Lipinski definition) is 1. The van der Waals surface area contributed by atoms with Crippen molar-refractivity contribution < 1.29 is 0 Å². The van der Waals surface area contributed by atoms with Gasteiger partial charge in [-0.3, -0.25) is 4.98 Å². The van der Waals surface area contributed by atoms with E-state index in [4.69, 9.17) is 5.73 Å². The molecule has 2 rings (SSSR count). The molecule has 0 bridgehead atoms. The third-order valence-electron chi connectivity index (χ3n) is 2.89. The second-order valence-corrected chi connectivity index (χ2v) is 4.09. The van der Waals surface area contributed by atoms with Gasteiger partial charge in [0.15, 0.2) is 0 Å². The highest BCUT2D eigenvalue weighted by molar-refractivity contribution is 5.81. The van der Waals surface area contributed by atoms with Gasteiger partial charge >= 0.3 is 0 Å². The number of nitrogens with two attached hydrogens (primary N) is 1. The van der Waals surface area contributed by atoms with Gasteiger partial charge in [0.1, 0.15) is 0 Å². The Labute approximate surface area is 96.5 Å². The van der Waals surface area contributed by atoms with Gasteiger partial charge in [0.2, 0.25) is 0 Å². The number of unbranched alkanes of at least 4 members (excludes halogenated alkanes) is 2. The topological polar surface area (TPSA) is 38.9 Å². The first-order valence-electron chi connectivity index (χ1n) is 5.94. The zero-order valence-corrected chi connectivity index (χ0v) is 9.52. The third kappa shape index (κ3) is 2.58. The molecule has 0 spiro atoms. The Kier molecular flexibility index (Phi) is 3.89. The van der Waals surface area contributed by atoms with E-state index in [-0.39, 0.29) is 0 Å². The Morgan fingerprint density at radius 2 is 1.88 bits per heavy atom. The minimum absolute atomic E-state index is 0.803. The molecular weight excluding hydrogens is 196 g/mol. The number of pyridine rings is 1. The molecule has 1 aromatic heterocycles. The molecule has 0 saturated carbocycles. The quantitative estimate of drug-likeness (QED) is 0.777. The van der Waals surface area contributed by atoms with E-state index >= 15 is 0 Å². The Hall–Kier alpha value is -1.41. The number of benzene rings is 1. The summed E-state index contributed by atoms with van der Waals surface area (Å²) in [7, 11) is 0. The fourth-order valence-corrected chi connectivity index (χ4v) is 2.01. The first-order chi connectivity index (χ1) is 7.92. The maximum Gasteiger partial charge on any atom is 0.0704 e. The molecule has 0 atom stereocenters. The lowest BCUT2D eigenvalue weighted by atomic mass is 10.0. The first kappa shape index (κ1) is 11.1. The van der Waals surface area contributed by atoms with Gasteiger partial charge in [-0.25, -0.2) is 0 Å². The molecule has 0 aliphatic carbocycles. The van der Waals surface area contributed by atoms with Crippen molar-refractivity contribution >= 4 is 10.9 Å². The summed E-state index contributed by atoms with van der Waals surface area (Å²) in [4.78, 5) is 4.37. The van der Waals surface area contributed by atoms with Gasteiger partial charge in [0, 0.05) is 11.6 Å². The van der Waals surface area contributed by atoms with Crippen molar-refractivity contribution in [3.05, 3.63) is 42.1 Å². The second kappa shape index (κ2) is 5.61. The summed E-state index contributed by atoms with van der Waals surface area (Å²) in [5, 5.41) is 1.29. The Morgan fingerprint density at radius 3 is 2.75 bits per heavy atom. The Balaban J connectivity index is 2.11. The van der Waals surface area contributed by atoms with Gasteiger partial charge in [-0.1, -0.05) is 24.6 Å². The van der Waals surface area contributed by atoms with Crippen molar-refractivity contribution in [2.75, 3.05) is 6.54 Å².